The van der Waals surface area contributed by atoms with E-state index >= 15 is 0 Å². The van der Waals surface area contributed by atoms with Crippen molar-refractivity contribution in [3.63, 3.8) is 0 Å². The van der Waals surface area contributed by atoms with Crippen molar-refractivity contribution in [1.82, 2.24) is 14.5 Å². The summed E-state index contributed by atoms with van der Waals surface area (Å²) in [6, 6.07) is 6.50. The standard InChI is InChI=1S/C11H10N4/c12-6-5-10-14-9-2-1-7-13-11(9)15(10)8-3-4-8/h1-2,7-8H,3-5H2. The number of fused-ring (bicyclic) bond motifs is 1. The molecule has 0 spiro atoms. The summed E-state index contributed by atoms with van der Waals surface area (Å²) in [5.74, 6) is 0.855. The van der Waals surface area contributed by atoms with Crippen molar-refractivity contribution in [2.24, 2.45) is 0 Å². The molecule has 74 valence electrons. The minimum absolute atomic E-state index is 0.368. The highest BCUT2D eigenvalue weighted by Crippen LogP contribution is 2.38. The van der Waals surface area contributed by atoms with Gasteiger partial charge in [-0.15, -0.1) is 0 Å². The van der Waals surface area contributed by atoms with Crippen LogP contribution in [0, 0.1) is 11.3 Å². The second-order valence-electron chi connectivity index (χ2n) is 3.81. The maximum atomic E-state index is 8.75. The van der Waals surface area contributed by atoms with E-state index in [1.807, 2.05) is 12.1 Å². The molecule has 0 aliphatic heterocycles. The number of nitriles is 1. The molecule has 15 heavy (non-hydrogen) atoms. The van der Waals surface area contributed by atoms with E-state index in [0.717, 1.165) is 17.0 Å². The van der Waals surface area contributed by atoms with Gasteiger partial charge in [-0.25, -0.2) is 9.97 Å². The predicted molar refractivity (Wildman–Crippen MR) is 55.1 cm³/mol. The van der Waals surface area contributed by atoms with Gasteiger partial charge in [0, 0.05) is 12.2 Å². The molecular formula is C11H10N4. The number of nitrogens with zero attached hydrogens (tertiary/aromatic N) is 4. The lowest BCUT2D eigenvalue weighted by atomic mass is 10.4. The molecule has 1 aliphatic carbocycles. The highest BCUT2D eigenvalue weighted by Gasteiger charge is 2.28. The third kappa shape index (κ3) is 1.28. The van der Waals surface area contributed by atoms with Crippen molar-refractivity contribution < 1.29 is 0 Å². The summed E-state index contributed by atoms with van der Waals surface area (Å²) in [6.45, 7) is 0. The molecular weight excluding hydrogens is 188 g/mol. The molecule has 0 amide bonds. The van der Waals surface area contributed by atoms with Crippen LogP contribution in [0.25, 0.3) is 11.2 Å². The first kappa shape index (κ1) is 8.42. The van der Waals surface area contributed by atoms with E-state index in [-0.39, 0.29) is 0 Å². The Balaban J connectivity index is 2.25. The van der Waals surface area contributed by atoms with E-state index in [1.165, 1.54) is 12.8 Å². The third-order valence-corrected chi connectivity index (χ3v) is 2.67. The molecule has 1 aliphatic rings. The Labute approximate surface area is 87.2 Å². The van der Waals surface area contributed by atoms with Gasteiger partial charge in [-0.05, 0) is 25.0 Å². The zero-order chi connectivity index (χ0) is 10.3. The summed E-state index contributed by atoms with van der Waals surface area (Å²) in [5.41, 5.74) is 1.82. The average Bonchev–Trinajstić information content (AvgIpc) is 3.01. The molecule has 4 heteroatoms. The van der Waals surface area contributed by atoms with Gasteiger partial charge in [0.25, 0.3) is 0 Å². The molecule has 0 radical (unpaired) electrons. The summed E-state index contributed by atoms with van der Waals surface area (Å²) in [6.07, 6.45) is 4.51. The fourth-order valence-electron chi connectivity index (χ4n) is 1.89. The Hall–Kier alpha value is -1.89. The van der Waals surface area contributed by atoms with Gasteiger partial charge in [0.05, 0.1) is 12.5 Å². The van der Waals surface area contributed by atoms with E-state index in [1.54, 1.807) is 6.20 Å². The third-order valence-electron chi connectivity index (χ3n) is 2.67. The highest BCUT2D eigenvalue weighted by molar-refractivity contribution is 5.71. The van der Waals surface area contributed by atoms with Crippen LogP contribution in [0.15, 0.2) is 18.3 Å². The van der Waals surface area contributed by atoms with Gasteiger partial charge in [0.1, 0.15) is 11.3 Å². The molecule has 0 bridgehead atoms. The van der Waals surface area contributed by atoms with Crippen LogP contribution in [0.2, 0.25) is 0 Å². The SMILES string of the molecule is N#CCc1nc2cccnc2n1C1CC1. The maximum absolute atomic E-state index is 8.75. The van der Waals surface area contributed by atoms with Crippen molar-refractivity contribution in [2.75, 3.05) is 0 Å². The van der Waals surface area contributed by atoms with Gasteiger partial charge in [-0.2, -0.15) is 5.26 Å². The summed E-state index contributed by atoms with van der Waals surface area (Å²) >= 11 is 0. The van der Waals surface area contributed by atoms with Crippen LogP contribution in [0.4, 0.5) is 0 Å². The molecule has 4 nitrogen and oxygen atoms in total. The first-order chi connectivity index (χ1) is 7.40. The zero-order valence-corrected chi connectivity index (χ0v) is 8.22. The molecule has 0 unspecified atom stereocenters. The quantitative estimate of drug-likeness (QED) is 0.739. The van der Waals surface area contributed by atoms with Crippen molar-refractivity contribution in [3.05, 3.63) is 24.2 Å². The van der Waals surface area contributed by atoms with Crippen molar-refractivity contribution in [1.29, 1.82) is 5.26 Å². The number of hydrogen-bond acceptors (Lipinski definition) is 3. The van der Waals surface area contributed by atoms with Crippen molar-refractivity contribution >= 4 is 11.2 Å². The Kier molecular flexibility index (Phi) is 1.72. The Bertz CT molecular complexity index is 545. The van der Waals surface area contributed by atoms with Gasteiger partial charge >= 0.3 is 0 Å². The number of pyridine rings is 1. The molecule has 0 N–H and O–H groups in total. The normalized spacial score (nSPS) is 15.4. The fraction of sp³-hybridized carbons (Fsp3) is 0.364. The van der Waals surface area contributed by atoms with Gasteiger partial charge < -0.3 is 4.57 Å². The van der Waals surface area contributed by atoms with Crippen molar-refractivity contribution in [3.8, 4) is 6.07 Å². The summed E-state index contributed by atoms with van der Waals surface area (Å²) in [5, 5.41) is 8.75. The Morgan fingerprint density at radius 2 is 2.40 bits per heavy atom. The maximum Gasteiger partial charge on any atom is 0.160 e. The molecule has 3 rings (SSSR count). The van der Waals surface area contributed by atoms with Crippen LogP contribution in [-0.4, -0.2) is 14.5 Å². The van der Waals surface area contributed by atoms with E-state index in [0.29, 0.717) is 12.5 Å². The lowest BCUT2D eigenvalue weighted by Crippen LogP contribution is -2.01. The Morgan fingerprint density at radius 3 is 3.13 bits per heavy atom. The van der Waals surface area contributed by atoms with E-state index < -0.39 is 0 Å². The summed E-state index contributed by atoms with van der Waals surface area (Å²) in [4.78, 5) is 8.78. The molecule has 0 saturated heterocycles. The minimum atomic E-state index is 0.368. The summed E-state index contributed by atoms with van der Waals surface area (Å²) in [7, 11) is 0. The van der Waals surface area contributed by atoms with Gasteiger partial charge in [0.15, 0.2) is 5.65 Å². The van der Waals surface area contributed by atoms with Crippen LogP contribution in [0.5, 0.6) is 0 Å². The highest BCUT2D eigenvalue weighted by atomic mass is 15.2. The number of aromatic nitrogens is 3. The molecule has 1 fully saturated rings. The monoisotopic (exact) mass is 198 g/mol. The number of imidazole rings is 1. The molecule has 2 aromatic heterocycles. The van der Waals surface area contributed by atoms with Crippen LogP contribution in [0.3, 0.4) is 0 Å². The molecule has 1 saturated carbocycles. The zero-order valence-electron chi connectivity index (χ0n) is 8.22. The second-order valence-corrected chi connectivity index (χ2v) is 3.81. The topological polar surface area (TPSA) is 54.5 Å². The summed E-state index contributed by atoms with van der Waals surface area (Å²) < 4.78 is 2.12. The first-order valence-electron chi connectivity index (χ1n) is 5.09. The van der Waals surface area contributed by atoms with Crippen molar-refractivity contribution in [2.45, 2.75) is 25.3 Å². The number of rotatable bonds is 2. The van der Waals surface area contributed by atoms with E-state index in [2.05, 4.69) is 20.6 Å². The average molecular weight is 198 g/mol. The largest absolute Gasteiger partial charge is 0.309 e. The van der Waals surface area contributed by atoms with Crippen LogP contribution < -0.4 is 0 Å². The second kappa shape index (κ2) is 3.06. The lowest BCUT2D eigenvalue weighted by molar-refractivity contribution is 0.714. The molecule has 0 aromatic carbocycles. The van der Waals surface area contributed by atoms with Crippen LogP contribution >= 0.6 is 0 Å². The minimum Gasteiger partial charge on any atom is -0.309 e. The van der Waals surface area contributed by atoms with Gasteiger partial charge in [-0.3, -0.25) is 0 Å². The smallest absolute Gasteiger partial charge is 0.160 e. The lowest BCUT2D eigenvalue weighted by Gasteiger charge is -2.02. The van der Waals surface area contributed by atoms with E-state index in [4.69, 9.17) is 5.26 Å². The van der Waals surface area contributed by atoms with Gasteiger partial charge in [0.2, 0.25) is 0 Å². The Morgan fingerprint density at radius 1 is 1.53 bits per heavy atom. The van der Waals surface area contributed by atoms with E-state index in [9.17, 15) is 0 Å². The molecule has 2 aromatic rings. The van der Waals surface area contributed by atoms with Gasteiger partial charge in [-0.1, -0.05) is 0 Å². The van der Waals surface area contributed by atoms with Crippen LogP contribution in [0.1, 0.15) is 24.7 Å². The first-order valence-corrected chi connectivity index (χ1v) is 5.09. The predicted octanol–water partition coefficient (Wildman–Crippen LogP) is 1.83. The molecule has 2 heterocycles. The number of hydrogen-bond donors (Lipinski definition) is 0. The van der Waals surface area contributed by atoms with Crippen LogP contribution in [-0.2, 0) is 6.42 Å². The fourth-order valence-corrected chi connectivity index (χ4v) is 1.89. The molecule has 0 atom stereocenters.